The lowest BCUT2D eigenvalue weighted by Gasteiger charge is -2.18. The highest BCUT2D eigenvalue weighted by Crippen LogP contribution is 2.15. The number of imidazole rings is 1. The third-order valence-electron chi connectivity index (χ3n) is 3.40. The van der Waals surface area contributed by atoms with Crippen LogP contribution >= 0.6 is 0 Å². The Labute approximate surface area is 108 Å². The summed E-state index contributed by atoms with van der Waals surface area (Å²) in [5.41, 5.74) is 0. The molecule has 2 heterocycles. The SMILES string of the molecule is CCn1cnc(S(=O)(=O)NC(C)C2CCNC2)c1. The van der Waals surface area contributed by atoms with Gasteiger partial charge < -0.3 is 9.88 Å². The van der Waals surface area contributed by atoms with Gasteiger partial charge in [0.25, 0.3) is 10.0 Å². The van der Waals surface area contributed by atoms with E-state index in [9.17, 15) is 8.42 Å². The first kappa shape index (κ1) is 13.5. The molecule has 2 N–H and O–H groups in total. The Morgan fingerprint density at radius 1 is 1.67 bits per heavy atom. The predicted molar refractivity (Wildman–Crippen MR) is 68.7 cm³/mol. The van der Waals surface area contributed by atoms with Gasteiger partial charge >= 0.3 is 0 Å². The van der Waals surface area contributed by atoms with Gasteiger partial charge in [0.1, 0.15) is 0 Å². The number of sulfonamides is 1. The summed E-state index contributed by atoms with van der Waals surface area (Å²) in [6.45, 7) is 6.39. The van der Waals surface area contributed by atoms with E-state index in [2.05, 4.69) is 15.0 Å². The molecule has 102 valence electrons. The summed E-state index contributed by atoms with van der Waals surface area (Å²) >= 11 is 0. The van der Waals surface area contributed by atoms with Crippen LogP contribution in [0.25, 0.3) is 0 Å². The second-order valence-electron chi connectivity index (χ2n) is 4.71. The van der Waals surface area contributed by atoms with Gasteiger partial charge in [0.15, 0.2) is 5.03 Å². The van der Waals surface area contributed by atoms with Crippen LogP contribution < -0.4 is 10.0 Å². The number of aryl methyl sites for hydroxylation is 1. The fraction of sp³-hybridized carbons (Fsp3) is 0.727. The minimum atomic E-state index is -3.50. The molecule has 1 aromatic heterocycles. The molecular weight excluding hydrogens is 252 g/mol. The first-order chi connectivity index (χ1) is 8.53. The van der Waals surface area contributed by atoms with Gasteiger partial charge in [-0.2, -0.15) is 0 Å². The van der Waals surface area contributed by atoms with Crippen molar-refractivity contribution in [3.8, 4) is 0 Å². The van der Waals surface area contributed by atoms with Crippen LogP contribution in [0.1, 0.15) is 20.3 Å². The molecule has 2 atom stereocenters. The first-order valence-electron chi connectivity index (χ1n) is 6.27. The molecule has 0 radical (unpaired) electrons. The zero-order valence-corrected chi connectivity index (χ0v) is 11.6. The van der Waals surface area contributed by atoms with Gasteiger partial charge in [-0.05, 0) is 39.3 Å². The number of rotatable bonds is 5. The molecule has 18 heavy (non-hydrogen) atoms. The summed E-state index contributed by atoms with van der Waals surface area (Å²) in [6, 6.07) is -0.0724. The van der Waals surface area contributed by atoms with Crippen molar-refractivity contribution in [3.05, 3.63) is 12.5 Å². The zero-order chi connectivity index (χ0) is 13.2. The van der Waals surface area contributed by atoms with E-state index in [1.54, 1.807) is 10.8 Å². The molecule has 6 nitrogen and oxygen atoms in total. The molecule has 2 rings (SSSR count). The monoisotopic (exact) mass is 272 g/mol. The van der Waals surface area contributed by atoms with E-state index in [1.807, 2.05) is 13.8 Å². The Morgan fingerprint density at radius 2 is 2.44 bits per heavy atom. The highest BCUT2D eigenvalue weighted by Gasteiger charge is 2.27. The molecule has 0 amide bonds. The van der Waals surface area contributed by atoms with E-state index >= 15 is 0 Å². The standard InChI is InChI=1S/C11H20N4O2S/c1-3-15-7-11(13-8-15)18(16,17)14-9(2)10-4-5-12-6-10/h7-10,12,14H,3-6H2,1-2H3. The second-order valence-corrected chi connectivity index (χ2v) is 6.37. The van der Waals surface area contributed by atoms with E-state index < -0.39 is 10.0 Å². The maximum Gasteiger partial charge on any atom is 0.259 e. The lowest BCUT2D eigenvalue weighted by atomic mass is 10.0. The lowest BCUT2D eigenvalue weighted by molar-refractivity contribution is 0.444. The van der Waals surface area contributed by atoms with Crippen LogP contribution in [0.3, 0.4) is 0 Å². The van der Waals surface area contributed by atoms with Crippen LogP contribution in [0.2, 0.25) is 0 Å². The molecule has 1 aromatic rings. The molecule has 7 heteroatoms. The molecule has 0 aliphatic carbocycles. The van der Waals surface area contributed by atoms with Gasteiger partial charge in [-0.15, -0.1) is 0 Å². The summed E-state index contributed by atoms with van der Waals surface area (Å²) in [6.07, 6.45) is 4.10. The maximum absolute atomic E-state index is 12.1. The van der Waals surface area contributed by atoms with Crippen LogP contribution in [0.5, 0.6) is 0 Å². The van der Waals surface area contributed by atoms with Gasteiger partial charge in [0.05, 0.1) is 6.33 Å². The lowest BCUT2D eigenvalue weighted by Crippen LogP contribution is -2.39. The summed E-state index contributed by atoms with van der Waals surface area (Å²) < 4.78 is 28.7. The number of hydrogen-bond donors (Lipinski definition) is 2. The summed E-state index contributed by atoms with van der Waals surface area (Å²) in [5, 5.41) is 3.34. The molecule has 0 aromatic carbocycles. The van der Waals surface area contributed by atoms with Crippen molar-refractivity contribution in [2.45, 2.75) is 37.9 Å². The highest BCUT2D eigenvalue weighted by molar-refractivity contribution is 7.89. The topological polar surface area (TPSA) is 76.0 Å². The smallest absolute Gasteiger partial charge is 0.259 e. The van der Waals surface area contributed by atoms with Crippen molar-refractivity contribution in [1.29, 1.82) is 0 Å². The molecule has 0 spiro atoms. The van der Waals surface area contributed by atoms with Crippen molar-refractivity contribution in [3.63, 3.8) is 0 Å². The number of aromatic nitrogens is 2. The van der Waals surface area contributed by atoms with Crippen molar-refractivity contribution in [2.75, 3.05) is 13.1 Å². The Kier molecular flexibility index (Phi) is 4.04. The average Bonchev–Trinajstić information content (AvgIpc) is 3.00. The van der Waals surface area contributed by atoms with Crippen molar-refractivity contribution < 1.29 is 8.42 Å². The van der Waals surface area contributed by atoms with Gasteiger partial charge in [-0.25, -0.2) is 18.1 Å². The van der Waals surface area contributed by atoms with E-state index in [1.165, 1.54) is 6.33 Å². The largest absolute Gasteiger partial charge is 0.336 e. The third kappa shape index (κ3) is 2.90. The third-order valence-corrected chi connectivity index (χ3v) is 4.84. The number of hydrogen-bond acceptors (Lipinski definition) is 4. The van der Waals surface area contributed by atoms with E-state index in [0.717, 1.165) is 19.5 Å². The first-order valence-corrected chi connectivity index (χ1v) is 7.76. The molecule has 1 aliphatic rings. The van der Waals surface area contributed by atoms with Crippen LogP contribution in [0.4, 0.5) is 0 Å². The predicted octanol–water partition coefficient (Wildman–Crippen LogP) is 0.179. The summed E-state index contributed by atoms with van der Waals surface area (Å²) in [5.74, 6) is 0.355. The molecule has 0 saturated carbocycles. The molecule has 0 bridgehead atoms. The van der Waals surface area contributed by atoms with Gasteiger partial charge in [-0.1, -0.05) is 0 Å². The Bertz CT molecular complexity index is 491. The summed E-state index contributed by atoms with van der Waals surface area (Å²) in [7, 11) is -3.50. The van der Waals surface area contributed by atoms with Crippen LogP contribution in [-0.4, -0.2) is 37.1 Å². The van der Waals surface area contributed by atoms with Crippen molar-refractivity contribution in [2.24, 2.45) is 5.92 Å². The normalized spacial score (nSPS) is 22.2. The summed E-state index contributed by atoms with van der Waals surface area (Å²) in [4.78, 5) is 3.94. The molecular formula is C11H20N4O2S. The van der Waals surface area contributed by atoms with Crippen LogP contribution in [-0.2, 0) is 16.6 Å². The molecule has 2 unspecified atom stereocenters. The second kappa shape index (κ2) is 5.38. The van der Waals surface area contributed by atoms with Crippen LogP contribution in [0.15, 0.2) is 17.6 Å². The van der Waals surface area contributed by atoms with Crippen molar-refractivity contribution in [1.82, 2.24) is 19.6 Å². The minimum Gasteiger partial charge on any atom is -0.336 e. The molecule has 1 saturated heterocycles. The fourth-order valence-corrected chi connectivity index (χ4v) is 3.42. The Balaban J connectivity index is 2.06. The van der Waals surface area contributed by atoms with E-state index in [4.69, 9.17) is 0 Å². The van der Waals surface area contributed by atoms with Gasteiger partial charge in [0, 0.05) is 18.8 Å². The van der Waals surface area contributed by atoms with Gasteiger partial charge in [0.2, 0.25) is 0 Å². The van der Waals surface area contributed by atoms with Crippen molar-refractivity contribution >= 4 is 10.0 Å². The number of nitrogens with zero attached hydrogens (tertiary/aromatic N) is 2. The zero-order valence-electron chi connectivity index (χ0n) is 10.8. The molecule has 1 aliphatic heterocycles. The van der Waals surface area contributed by atoms with Crippen LogP contribution in [0, 0.1) is 5.92 Å². The maximum atomic E-state index is 12.1. The minimum absolute atomic E-state index is 0.0724. The van der Waals surface area contributed by atoms with E-state index in [0.29, 0.717) is 12.5 Å². The average molecular weight is 272 g/mol. The Morgan fingerprint density at radius 3 is 3.00 bits per heavy atom. The number of nitrogens with one attached hydrogen (secondary N) is 2. The quantitative estimate of drug-likeness (QED) is 0.801. The molecule has 1 fully saturated rings. The van der Waals surface area contributed by atoms with E-state index in [-0.39, 0.29) is 11.1 Å². The van der Waals surface area contributed by atoms with Gasteiger partial charge in [-0.3, -0.25) is 0 Å². The fourth-order valence-electron chi connectivity index (χ4n) is 2.16. The Hall–Kier alpha value is -0.920. The highest BCUT2D eigenvalue weighted by atomic mass is 32.2.